The molecule has 0 bridgehead atoms. The van der Waals surface area contributed by atoms with Crippen LogP contribution in [0.15, 0.2) is 47.5 Å². The van der Waals surface area contributed by atoms with Gasteiger partial charge in [-0.1, -0.05) is 0 Å². The molecule has 1 N–H and O–H groups in total. The third-order valence-electron chi connectivity index (χ3n) is 5.88. The maximum absolute atomic E-state index is 13.1. The number of aliphatic hydroxyl groups is 1. The highest BCUT2D eigenvalue weighted by molar-refractivity contribution is 6.28. The lowest BCUT2D eigenvalue weighted by Crippen LogP contribution is -2.48. The quantitative estimate of drug-likeness (QED) is 0.695. The van der Waals surface area contributed by atoms with Crippen LogP contribution in [0.1, 0.15) is 33.6 Å². The van der Waals surface area contributed by atoms with E-state index in [1.807, 2.05) is 61.2 Å². The number of nitrogens with zero attached hydrogens (tertiary/aromatic N) is 4. The predicted octanol–water partition coefficient (Wildman–Crippen LogP) is 3.59. The van der Waals surface area contributed by atoms with Crippen molar-refractivity contribution >= 4 is 33.9 Å². The van der Waals surface area contributed by atoms with Crippen molar-refractivity contribution in [1.82, 2.24) is 4.98 Å². The first-order valence-electron chi connectivity index (χ1n) is 9.47. The third kappa shape index (κ3) is 2.48. The molecule has 0 radical (unpaired) electrons. The molecule has 5 rings (SSSR count). The number of amidine groups is 1. The molecule has 1 atom stereocenters. The summed E-state index contributed by atoms with van der Waals surface area (Å²) in [6.07, 6.45) is 0.292. The van der Waals surface area contributed by atoms with E-state index in [-0.39, 0.29) is 5.78 Å². The van der Waals surface area contributed by atoms with Crippen molar-refractivity contribution in [2.75, 3.05) is 11.4 Å². The van der Waals surface area contributed by atoms with E-state index in [1.165, 1.54) is 0 Å². The fourth-order valence-corrected chi connectivity index (χ4v) is 4.09. The fourth-order valence-electron chi connectivity index (χ4n) is 4.09. The maximum atomic E-state index is 13.1. The number of fused-ring (bicyclic) bond motifs is 3. The van der Waals surface area contributed by atoms with Gasteiger partial charge in [0.05, 0.1) is 11.2 Å². The number of anilines is 1. The molecule has 6 heteroatoms. The van der Waals surface area contributed by atoms with Crippen LogP contribution in [-0.4, -0.2) is 33.9 Å². The Hall–Kier alpha value is -3.56. The Morgan fingerprint density at radius 2 is 1.93 bits per heavy atom. The second kappa shape index (κ2) is 5.97. The number of hydrogen-bond donors (Lipinski definition) is 1. The number of rotatable bonds is 1. The third-order valence-corrected chi connectivity index (χ3v) is 5.88. The Balaban J connectivity index is 1.63. The van der Waals surface area contributed by atoms with Crippen LogP contribution in [0.4, 0.5) is 11.4 Å². The van der Waals surface area contributed by atoms with E-state index in [1.54, 1.807) is 6.07 Å². The van der Waals surface area contributed by atoms with Gasteiger partial charge in [-0.3, -0.25) is 4.79 Å². The summed E-state index contributed by atoms with van der Waals surface area (Å²) in [6.45, 7) is 4.43. The molecule has 6 nitrogen and oxygen atoms in total. The van der Waals surface area contributed by atoms with Gasteiger partial charge < -0.3 is 10.0 Å². The van der Waals surface area contributed by atoms with Crippen LogP contribution in [0.3, 0.4) is 0 Å². The largest absolute Gasteiger partial charge is 0.374 e. The molecule has 0 saturated carbocycles. The van der Waals surface area contributed by atoms with E-state index in [0.717, 1.165) is 27.7 Å². The molecular weight excluding hydrogens is 364 g/mol. The average molecular weight is 382 g/mol. The van der Waals surface area contributed by atoms with Crippen molar-refractivity contribution in [2.45, 2.75) is 25.9 Å². The summed E-state index contributed by atoms with van der Waals surface area (Å²) in [7, 11) is 0. The number of benzene rings is 2. The van der Waals surface area contributed by atoms with Gasteiger partial charge in [0.25, 0.3) is 0 Å². The molecule has 0 aliphatic carbocycles. The first kappa shape index (κ1) is 17.5. The summed E-state index contributed by atoms with van der Waals surface area (Å²) >= 11 is 0. The number of carbonyl (C=O) groups excluding carboxylic acids is 1. The SMILES string of the molecule is Cc1cc2c(cc1C)C(=O)[C@]1(O)CCN(c3ccc4nc(C#N)ccc4c3)C1=N2. The molecule has 0 unspecified atom stereocenters. The molecule has 2 aliphatic rings. The van der Waals surface area contributed by atoms with Gasteiger partial charge in [0.1, 0.15) is 17.6 Å². The van der Waals surface area contributed by atoms with Crippen molar-refractivity contribution in [3.8, 4) is 6.07 Å². The molecule has 1 aromatic heterocycles. The molecule has 3 aromatic rings. The first-order valence-corrected chi connectivity index (χ1v) is 9.47. The first-order chi connectivity index (χ1) is 13.9. The number of hydrogen-bond acceptors (Lipinski definition) is 6. The number of aromatic nitrogens is 1. The zero-order valence-corrected chi connectivity index (χ0v) is 16.1. The Morgan fingerprint density at radius 3 is 2.72 bits per heavy atom. The van der Waals surface area contributed by atoms with Crippen LogP contribution >= 0.6 is 0 Å². The molecule has 3 heterocycles. The normalized spacial score (nSPS) is 20.3. The van der Waals surface area contributed by atoms with E-state index in [9.17, 15) is 9.90 Å². The Kier molecular flexibility index (Phi) is 3.61. The summed E-state index contributed by atoms with van der Waals surface area (Å²) in [5.41, 5.74) is 3.46. The number of Topliss-reactive ketones (excluding diaryl/α,β-unsaturated/α-hetero) is 1. The molecule has 1 fully saturated rings. The van der Waals surface area contributed by atoms with Gasteiger partial charge in [0.15, 0.2) is 5.60 Å². The summed E-state index contributed by atoms with van der Waals surface area (Å²) in [6, 6.07) is 15.0. The minimum atomic E-state index is -1.60. The predicted molar refractivity (Wildman–Crippen MR) is 111 cm³/mol. The van der Waals surface area contributed by atoms with Gasteiger partial charge in [-0.2, -0.15) is 5.26 Å². The van der Waals surface area contributed by atoms with E-state index >= 15 is 0 Å². The van der Waals surface area contributed by atoms with Crippen LogP contribution in [0.2, 0.25) is 0 Å². The van der Waals surface area contributed by atoms with Crippen LogP contribution in [0.5, 0.6) is 0 Å². The molecule has 2 aliphatic heterocycles. The van der Waals surface area contributed by atoms with Crippen LogP contribution in [0.25, 0.3) is 10.9 Å². The van der Waals surface area contributed by atoms with Crippen molar-refractivity contribution in [3.05, 3.63) is 64.8 Å². The average Bonchev–Trinajstić information content (AvgIpc) is 3.07. The van der Waals surface area contributed by atoms with Gasteiger partial charge in [0, 0.05) is 29.6 Å². The molecule has 29 heavy (non-hydrogen) atoms. The summed E-state index contributed by atoms with van der Waals surface area (Å²) in [4.78, 5) is 24.1. The summed E-state index contributed by atoms with van der Waals surface area (Å²) in [5, 5.41) is 21.1. The standard InChI is InChI=1S/C23H18N4O2/c1-13-9-18-20(10-14(13)2)26-22-23(29,21(18)28)7-8-27(22)17-5-6-19-15(11-17)3-4-16(12-24)25-19/h3-6,9-11,29H,7-8H2,1-2H3/t23-/m1/s1. The fraction of sp³-hybridized carbons (Fsp3) is 0.217. The zero-order chi connectivity index (χ0) is 20.3. The molecule has 1 saturated heterocycles. The molecule has 0 amide bonds. The monoisotopic (exact) mass is 382 g/mol. The van der Waals surface area contributed by atoms with Crippen molar-refractivity contribution in [1.29, 1.82) is 5.26 Å². The van der Waals surface area contributed by atoms with Gasteiger partial charge in [-0.25, -0.2) is 9.98 Å². The van der Waals surface area contributed by atoms with Crippen molar-refractivity contribution in [3.63, 3.8) is 0 Å². The van der Waals surface area contributed by atoms with Gasteiger partial charge in [-0.15, -0.1) is 0 Å². The second-order valence-electron chi connectivity index (χ2n) is 7.67. The van der Waals surface area contributed by atoms with Crippen LogP contribution < -0.4 is 4.90 Å². The minimum absolute atomic E-state index is 0.288. The Morgan fingerprint density at radius 1 is 1.14 bits per heavy atom. The number of carbonyl (C=O) groups is 1. The molecule has 142 valence electrons. The number of ketones is 1. The lowest BCUT2D eigenvalue weighted by molar-refractivity contribution is 0.0602. The van der Waals surface area contributed by atoms with Gasteiger partial charge >= 0.3 is 0 Å². The van der Waals surface area contributed by atoms with Gasteiger partial charge in [0.2, 0.25) is 5.78 Å². The highest BCUT2D eigenvalue weighted by Crippen LogP contribution is 2.40. The highest BCUT2D eigenvalue weighted by atomic mass is 16.3. The van der Waals surface area contributed by atoms with Crippen LogP contribution in [-0.2, 0) is 0 Å². The van der Waals surface area contributed by atoms with E-state index in [0.29, 0.717) is 35.7 Å². The Labute approximate surface area is 167 Å². The topological polar surface area (TPSA) is 89.6 Å². The lowest BCUT2D eigenvalue weighted by atomic mass is 9.86. The zero-order valence-electron chi connectivity index (χ0n) is 16.1. The van der Waals surface area contributed by atoms with E-state index in [2.05, 4.69) is 4.98 Å². The lowest BCUT2D eigenvalue weighted by Gasteiger charge is -2.30. The second-order valence-corrected chi connectivity index (χ2v) is 7.67. The van der Waals surface area contributed by atoms with Gasteiger partial charge in [-0.05, 0) is 67.4 Å². The Bertz CT molecular complexity index is 1290. The van der Waals surface area contributed by atoms with Crippen molar-refractivity contribution < 1.29 is 9.90 Å². The minimum Gasteiger partial charge on any atom is -0.374 e. The summed E-state index contributed by atoms with van der Waals surface area (Å²) < 4.78 is 0. The number of pyridine rings is 1. The van der Waals surface area contributed by atoms with Crippen LogP contribution in [0, 0.1) is 25.2 Å². The number of nitriles is 1. The maximum Gasteiger partial charge on any atom is 0.204 e. The number of aliphatic imine (C=N–C) groups is 1. The van der Waals surface area contributed by atoms with E-state index in [4.69, 9.17) is 10.3 Å². The molecular formula is C23H18N4O2. The highest BCUT2D eigenvalue weighted by Gasteiger charge is 2.52. The van der Waals surface area contributed by atoms with E-state index < -0.39 is 5.60 Å². The molecule has 0 spiro atoms. The van der Waals surface area contributed by atoms with Crippen molar-refractivity contribution in [2.24, 2.45) is 4.99 Å². The smallest absolute Gasteiger partial charge is 0.204 e. The molecule has 2 aromatic carbocycles. The number of aryl methyl sites for hydroxylation is 2. The summed E-state index contributed by atoms with van der Waals surface area (Å²) in [5.74, 6) is 0.0865.